The van der Waals surface area contributed by atoms with Gasteiger partial charge >= 0.3 is 5.97 Å². The highest BCUT2D eigenvalue weighted by Crippen LogP contribution is 2.12. The van der Waals surface area contributed by atoms with E-state index in [-0.39, 0.29) is 12.4 Å². The summed E-state index contributed by atoms with van der Waals surface area (Å²) in [5.74, 6) is -3.84. The van der Waals surface area contributed by atoms with Crippen molar-refractivity contribution in [3.8, 4) is 0 Å². The molecule has 2 aromatic carbocycles. The van der Waals surface area contributed by atoms with Crippen molar-refractivity contribution in [3.05, 3.63) is 71.0 Å². The van der Waals surface area contributed by atoms with Gasteiger partial charge in [-0.1, -0.05) is 12.1 Å². The molecular weight excluding hydrogens is 335 g/mol. The maximum Gasteiger partial charge on any atom is 0.341 e. The van der Waals surface area contributed by atoms with Crippen molar-refractivity contribution in [1.82, 2.24) is 5.32 Å². The monoisotopic (exact) mass is 351 g/mol. The number of carbonyl (C=O) groups is 2. The molecule has 0 spiro atoms. The molecule has 4 nitrogen and oxygen atoms in total. The number of halogens is 3. The molecule has 0 saturated carbocycles. The van der Waals surface area contributed by atoms with E-state index in [1.807, 2.05) is 0 Å². The summed E-state index contributed by atoms with van der Waals surface area (Å²) in [6.45, 7) is 1.60. The van der Waals surface area contributed by atoms with Crippen molar-refractivity contribution < 1.29 is 27.5 Å². The molecule has 7 heteroatoms. The summed E-state index contributed by atoms with van der Waals surface area (Å²) < 4.78 is 44.0. The van der Waals surface area contributed by atoms with E-state index in [1.165, 1.54) is 19.1 Å². The van der Waals surface area contributed by atoms with Crippen LogP contribution >= 0.6 is 0 Å². The third-order valence-corrected chi connectivity index (χ3v) is 3.43. The van der Waals surface area contributed by atoms with Gasteiger partial charge < -0.3 is 10.1 Å². The first-order chi connectivity index (χ1) is 11.9. The molecule has 0 bridgehead atoms. The number of ether oxygens (including phenoxy) is 1. The van der Waals surface area contributed by atoms with E-state index in [2.05, 4.69) is 5.32 Å². The number of hydrogen-bond donors (Lipinski definition) is 1. The Bertz CT molecular complexity index is 763. The number of amides is 1. The van der Waals surface area contributed by atoms with Gasteiger partial charge in [-0.15, -0.1) is 0 Å². The Kier molecular flexibility index (Phi) is 6.16. The zero-order valence-corrected chi connectivity index (χ0v) is 13.4. The molecule has 0 heterocycles. The Morgan fingerprint density at radius 3 is 2.32 bits per heavy atom. The van der Waals surface area contributed by atoms with Gasteiger partial charge in [0, 0.05) is 12.6 Å². The fourth-order valence-electron chi connectivity index (χ4n) is 2.06. The normalized spacial score (nSPS) is 11.7. The summed E-state index contributed by atoms with van der Waals surface area (Å²) in [5, 5.41) is 2.56. The summed E-state index contributed by atoms with van der Waals surface area (Å²) in [4.78, 5) is 23.7. The highest BCUT2D eigenvalue weighted by Gasteiger charge is 2.21. The lowest BCUT2D eigenvalue weighted by Crippen LogP contribution is -2.37. The van der Waals surface area contributed by atoms with Crippen LogP contribution in [0, 0.1) is 17.5 Å². The first-order valence-electron chi connectivity index (χ1n) is 7.55. The lowest BCUT2D eigenvalue weighted by Gasteiger charge is -2.14. The second-order valence-electron chi connectivity index (χ2n) is 5.34. The predicted octanol–water partition coefficient (Wildman–Crippen LogP) is 3.01. The fraction of sp³-hybridized carbons (Fsp3) is 0.222. The molecule has 0 radical (unpaired) electrons. The third kappa shape index (κ3) is 5.34. The van der Waals surface area contributed by atoms with Crippen molar-refractivity contribution in [2.45, 2.75) is 19.4 Å². The maximum atomic E-state index is 13.5. The molecule has 1 atom stereocenters. The summed E-state index contributed by atoms with van der Waals surface area (Å²) in [6, 6.07) is 8.27. The smallest absolute Gasteiger partial charge is 0.341 e. The minimum Gasteiger partial charge on any atom is -0.449 e. The van der Waals surface area contributed by atoms with Gasteiger partial charge in [0.1, 0.15) is 17.5 Å². The minimum absolute atomic E-state index is 0.261. The molecule has 132 valence electrons. The van der Waals surface area contributed by atoms with E-state index in [1.54, 1.807) is 12.1 Å². The summed E-state index contributed by atoms with van der Waals surface area (Å²) in [7, 11) is 0. The van der Waals surface area contributed by atoms with Crippen molar-refractivity contribution >= 4 is 11.9 Å². The molecule has 0 aliphatic rings. The largest absolute Gasteiger partial charge is 0.449 e. The average Bonchev–Trinajstić information content (AvgIpc) is 2.56. The number of esters is 1. The van der Waals surface area contributed by atoms with Crippen LogP contribution in [-0.4, -0.2) is 24.5 Å². The van der Waals surface area contributed by atoms with Crippen LogP contribution in [0.2, 0.25) is 0 Å². The first-order valence-corrected chi connectivity index (χ1v) is 7.55. The fourth-order valence-corrected chi connectivity index (χ4v) is 2.06. The second-order valence-corrected chi connectivity index (χ2v) is 5.34. The van der Waals surface area contributed by atoms with Gasteiger partial charge in [0.05, 0.1) is 5.56 Å². The van der Waals surface area contributed by atoms with Gasteiger partial charge in [0.25, 0.3) is 5.91 Å². The van der Waals surface area contributed by atoms with Gasteiger partial charge in [-0.3, -0.25) is 4.79 Å². The van der Waals surface area contributed by atoms with Gasteiger partial charge in [0.2, 0.25) is 0 Å². The summed E-state index contributed by atoms with van der Waals surface area (Å²) >= 11 is 0. The van der Waals surface area contributed by atoms with Crippen LogP contribution in [0.3, 0.4) is 0 Å². The lowest BCUT2D eigenvalue weighted by molar-refractivity contribution is -0.129. The third-order valence-electron chi connectivity index (χ3n) is 3.43. The molecule has 0 aromatic heterocycles. The Hall–Kier alpha value is -2.83. The Balaban J connectivity index is 1.83. The van der Waals surface area contributed by atoms with E-state index >= 15 is 0 Å². The molecular formula is C18H16F3NO3. The van der Waals surface area contributed by atoms with Gasteiger partial charge in [0.15, 0.2) is 6.10 Å². The van der Waals surface area contributed by atoms with Crippen molar-refractivity contribution in [1.29, 1.82) is 0 Å². The van der Waals surface area contributed by atoms with Crippen LogP contribution in [0.15, 0.2) is 42.5 Å². The number of nitrogens with one attached hydrogen (secondary N) is 1. The molecule has 1 N–H and O–H groups in total. The Morgan fingerprint density at radius 1 is 1.04 bits per heavy atom. The van der Waals surface area contributed by atoms with Crippen LogP contribution in [0.25, 0.3) is 0 Å². The number of benzene rings is 2. The number of hydrogen-bond acceptors (Lipinski definition) is 3. The van der Waals surface area contributed by atoms with Crippen molar-refractivity contribution in [3.63, 3.8) is 0 Å². The maximum absolute atomic E-state index is 13.5. The van der Waals surface area contributed by atoms with E-state index in [0.717, 1.165) is 17.7 Å². The van der Waals surface area contributed by atoms with Crippen LogP contribution in [0.5, 0.6) is 0 Å². The molecule has 2 rings (SSSR count). The number of carbonyl (C=O) groups excluding carboxylic acids is 2. The van der Waals surface area contributed by atoms with Gasteiger partial charge in [-0.2, -0.15) is 0 Å². The number of rotatable bonds is 6. The molecule has 1 amide bonds. The molecule has 2 aromatic rings. The molecule has 25 heavy (non-hydrogen) atoms. The van der Waals surface area contributed by atoms with E-state index in [0.29, 0.717) is 12.5 Å². The molecule has 0 saturated heterocycles. The molecule has 0 fully saturated rings. The van der Waals surface area contributed by atoms with Crippen LogP contribution in [0.4, 0.5) is 13.2 Å². The SMILES string of the molecule is C[C@H](OC(=O)c1ccc(F)cc1F)C(=O)NCCc1ccc(F)cc1. The first kappa shape index (κ1) is 18.5. The molecule has 0 aliphatic carbocycles. The quantitative estimate of drug-likeness (QED) is 0.814. The lowest BCUT2D eigenvalue weighted by atomic mass is 10.1. The Morgan fingerprint density at radius 2 is 1.68 bits per heavy atom. The van der Waals surface area contributed by atoms with Crippen LogP contribution in [0.1, 0.15) is 22.8 Å². The highest BCUT2D eigenvalue weighted by molar-refractivity contribution is 5.92. The standard InChI is InChI=1S/C18H16F3NO3/c1-11(25-18(24)15-7-6-14(20)10-16(15)21)17(23)22-9-8-12-2-4-13(19)5-3-12/h2-7,10-11H,8-9H2,1H3,(H,22,23)/t11-/m0/s1. The van der Waals surface area contributed by atoms with Gasteiger partial charge in [-0.05, 0) is 43.2 Å². The van der Waals surface area contributed by atoms with Gasteiger partial charge in [-0.25, -0.2) is 18.0 Å². The second kappa shape index (κ2) is 8.32. The zero-order valence-electron chi connectivity index (χ0n) is 13.4. The zero-order chi connectivity index (χ0) is 18.4. The van der Waals surface area contributed by atoms with E-state index in [9.17, 15) is 22.8 Å². The Labute approximate surface area is 142 Å². The average molecular weight is 351 g/mol. The van der Waals surface area contributed by atoms with E-state index in [4.69, 9.17) is 4.74 Å². The molecule has 0 aliphatic heterocycles. The topological polar surface area (TPSA) is 55.4 Å². The van der Waals surface area contributed by atoms with E-state index < -0.39 is 35.2 Å². The van der Waals surface area contributed by atoms with Crippen LogP contribution in [-0.2, 0) is 16.0 Å². The van der Waals surface area contributed by atoms with Crippen LogP contribution < -0.4 is 5.32 Å². The van der Waals surface area contributed by atoms with Crippen molar-refractivity contribution in [2.24, 2.45) is 0 Å². The highest BCUT2D eigenvalue weighted by atomic mass is 19.1. The minimum atomic E-state index is -1.15. The predicted molar refractivity (Wildman–Crippen MR) is 84.3 cm³/mol. The summed E-state index contributed by atoms with van der Waals surface area (Å²) in [5.41, 5.74) is 0.382. The van der Waals surface area contributed by atoms with Crippen molar-refractivity contribution in [2.75, 3.05) is 6.54 Å². The molecule has 0 unspecified atom stereocenters. The summed E-state index contributed by atoms with van der Waals surface area (Å²) in [6.07, 6.45) is -0.676.